The van der Waals surface area contributed by atoms with Gasteiger partial charge in [-0.2, -0.15) is 16.8 Å². The first-order chi connectivity index (χ1) is 14.3. The van der Waals surface area contributed by atoms with Gasteiger partial charge in [0.1, 0.15) is 9.79 Å². The molecule has 0 fully saturated rings. The standard InChI is InChI=1S/C18H12N2O8S3/c19-14-10(30(23,24)25)5-9(18-15(20)11(6-29-18)31(26,27)28)12-13(14)17(22)8-4-2-1-3-7(8)16(12)21/h1-6H,19-20H2,(H,23,24,25)(H,26,27,28). The van der Waals surface area contributed by atoms with Gasteiger partial charge in [0, 0.05) is 27.6 Å². The van der Waals surface area contributed by atoms with Gasteiger partial charge in [0.15, 0.2) is 11.6 Å². The van der Waals surface area contributed by atoms with Crippen molar-refractivity contribution in [3.05, 3.63) is 58.0 Å². The van der Waals surface area contributed by atoms with Gasteiger partial charge >= 0.3 is 0 Å². The van der Waals surface area contributed by atoms with Crippen molar-refractivity contribution in [1.82, 2.24) is 0 Å². The van der Waals surface area contributed by atoms with Crippen molar-refractivity contribution in [3.63, 3.8) is 0 Å². The average molecular weight is 481 g/mol. The topological polar surface area (TPSA) is 195 Å². The summed E-state index contributed by atoms with van der Waals surface area (Å²) in [6, 6.07) is 6.65. The Morgan fingerprint density at radius 2 is 1.26 bits per heavy atom. The second-order valence-corrected chi connectivity index (χ2v) is 10.2. The van der Waals surface area contributed by atoms with Gasteiger partial charge in [-0.05, 0) is 6.07 Å². The molecule has 0 unspecified atom stereocenters. The Kier molecular flexibility index (Phi) is 4.57. The molecule has 10 nitrogen and oxygen atoms in total. The van der Waals surface area contributed by atoms with E-state index >= 15 is 0 Å². The second kappa shape index (κ2) is 6.70. The Hall–Kier alpha value is -3.10. The number of hydrogen-bond donors (Lipinski definition) is 4. The van der Waals surface area contributed by atoms with Crippen LogP contribution in [0.25, 0.3) is 10.4 Å². The van der Waals surface area contributed by atoms with Gasteiger partial charge in [-0.25, -0.2) is 0 Å². The maximum Gasteiger partial charge on any atom is 0.297 e. The van der Waals surface area contributed by atoms with Crippen molar-refractivity contribution in [1.29, 1.82) is 0 Å². The minimum Gasteiger partial charge on any atom is -0.397 e. The SMILES string of the molecule is Nc1c(S(=O)(=O)O)csc1-c1cc(S(=O)(=O)O)c(N)c2c1C(=O)c1ccccc1C2=O. The summed E-state index contributed by atoms with van der Waals surface area (Å²) in [5.41, 5.74) is 9.72. The first-order valence-corrected chi connectivity index (χ1v) is 12.1. The molecule has 13 heteroatoms. The van der Waals surface area contributed by atoms with Crippen molar-refractivity contribution in [2.24, 2.45) is 0 Å². The second-order valence-electron chi connectivity index (χ2n) is 6.58. The number of nitrogen functional groups attached to an aromatic ring is 2. The van der Waals surface area contributed by atoms with Crippen LogP contribution in [0.1, 0.15) is 31.8 Å². The third kappa shape index (κ3) is 3.14. The molecule has 1 aromatic heterocycles. The van der Waals surface area contributed by atoms with E-state index in [0.29, 0.717) is 11.3 Å². The van der Waals surface area contributed by atoms with Gasteiger partial charge in [0.05, 0.1) is 21.8 Å². The molecule has 0 saturated carbocycles. The van der Waals surface area contributed by atoms with Crippen molar-refractivity contribution >= 4 is 54.5 Å². The highest BCUT2D eigenvalue weighted by molar-refractivity contribution is 7.86. The number of thiophene rings is 1. The van der Waals surface area contributed by atoms with Crippen LogP contribution in [0, 0.1) is 0 Å². The fraction of sp³-hybridized carbons (Fsp3) is 0. The lowest BCUT2D eigenvalue weighted by atomic mass is 9.80. The zero-order chi connectivity index (χ0) is 22.9. The molecule has 3 aromatic rings. The van der Waals surface area contributed by atoms with Crippen molar-refractivity contribution in [2.75, 3.05) is 11.5 Å². The number of hydrogen-bond acceptors (Lipinski definition) is 9. The number of carbonyl (C=O) groups excluding carboxylic acids is 2. The maximum atomic E-state index is 13.3. The van der Waals surface area contributed by atoms with Gasteiger partial charge in [0.2, 0.25) is 0 Å². The lowest BCUT2D eigenvalue weighted by Gasteiger charge is -2.23. The third-order valence-corrected chi connectivity index (χ3v) is 7.76. The minimum atomic E-state index is -4.94. The van der Waals surface area contributed by atoms with Crippen LogP contribution in [0.3, 0.4) is 0 Å². The summed E-state index contributed by atoms with van der Waals surface area (Å²) in [5, 5.41) is 0.999. The fourth-order valence-electron chi connectivity index (χ4n) is 3.45. The predicted molar refractivity (Wildman–Crippen MR) is 112 cm³/mol. The Balaban J connectivity index is 2.17. The molecular formula is C18H12N2O8S3. The number of rotatable bonds is 3. The van der Waals surface area contributed by atoms with Crippen LogP contribution < -0.4 is 11.5 Å². The van der Waals surface area contributed by atoms with E-state index in [1.807, 2.05) is 0 Å². The molecule has 0 aliphatic heterocycles. The smallest absolute Gasteiger partial charge is 0.297 e. The number of nitrogens with two attached hydrogens (primary N) is 2. The van der Waals surface area contributed by atoms with Gasteiger partial charge < -0.3 is 11.5 Å². The van der Waals surface area contributed by atoms with E-state index in [9.17, 15) is 35.5 Å². The quantitative estimate of drug-likeness (QED) is 0.248. The summed E-state index contributed by atoms with van der Waals surface area (Å²) < 4.78 is 65.9. The summed E-state index contributed by atoms with van der Waals surface area (Å²) in [6.07, 6.45) is 0. The summed E-state index contributed by atoms with van der Waals surface area (Å²) in [4.78, 5) is 24.8. The first-order valence-electron chi connectivity index (χ1n) is 8.31. The van der Waals surface area contributed by atoms with Gasteiger partial charge in [-0.15, -0.1) is 11.3 Å². The zero-order valence-electron chi connectivity index (χ0n) is 15.2. The molecule has 0 radical (unpaired) electrons. The molecule has 0 atom stereocenters. The van der Waals surface area contributed by atoms with Crippen LogP contribution in [0.2, 0.25) is 0 Å². The Morgan fingerprint density at radius 1 is 0.742 bits per heavy atom. The highest BCUT2D eigenvalue weighted by Crippen LogP contribution is 2.45. The third-order valence-electron chi connectivity index (χ3n) is 4.79. The van der Waals surface area contributed by atoms with E-state index in [2.05, 4.69) is 0 Å². The fourth-order valence-corrected chi connectivity index (χ4v) is 6.04. The maximum absolute atomic E-state index is 13.3. The highest BCUT2D eigenvalue weighted by Gasteiger charge is 2.37. The van der Waals surface area contributed by atoms with Crippen molar-refractivity contribution in [2.45, 2.75) is 9.79 Å². The predicted octanol–water partition coefficient (Wildman–Crippen LogP) is 1.85. The van der Waals surface area contributed by atoms with Gasteiger partial charge in [-0.3, -0.25) is 18.7 Å². The molecule has 1 aliphatic carbocycles. The summed E-state index contributed by atoms with van der Waals surface area (Å²) in [5.74, 6) is -1.42. The van der Waals surface area contributed by atoms with Crippen LogP contribution in [0.4, 0.5) is 11.4 Å². The normalized spacial score (nSPS) is 13.7. The number of fused-ring (bicyclic) bond motifs is 2. The van der Waals surface area contributed by atoms with E-state index in [1.165, 1.54) is 24.3 Å². The number of carbonyl (C=O) groups is 2. The molecule has 160 valence electrons. The van der Waals surface area contributed by atoms with Crippen LogP contribution in [0.5, 0.6) is 0 Å². The van der Waals surface area contributed by atoms with Gasteiger partial charge in [0.25, 0.3) is 20.2 Å². The molecule has 1 aliphatic rings. The summed E-state index contributed by atoms with van der Waals surface area (Å²) in [7, 11) is -9.66. The molecule has 0 spiro atoms. The minimum absolute atomic E-state index is 0.0112. The lowest BCUT2D eigenvalue weighted by Crippen LogP contribution is -2.24. The summed E-state index contributed by atoms with van der Waals surface area (Å²) >= 11 is 0.694. The zero-order valence-corrected chi connectivity index (χ0v) is 17.6. The molecule has 0 saturated heterocycles. The molecule has 4 rings (SSSR count). The van der Waals surface area contributed by atoms with Crippen molar-refractivity contribution in [3.8, 4) is 10.4 Å². The Bertz CT molecular complexity index is 1540. The molecule has 2 aromatic carbocycles. The molecule has 1 heterocycles. The van der Waals surface area contributed by atoms with E-state index in [4.69, 9.17) is 11.5 Å². The highest BCUT2D eigenvalue weighted by atomic mass is 32.2. The molecule has 6 N–H and O–H groups in total. The average Bonchev–Trinajstić information content (AvgIpc) is 3.06. The van der Waals surface area contributed by atoms with Crippen LogP contribution >= 0.6 is 11.3 Å². The Labute approximate surface area is 179 Å². The largest absolute Gasteiger partial charge is 0.397 e. The molecular weight excluding hydrogens is 468 g/mol. The van der Waals surface area contributed by atoms with E-state index in [0.717, 1.165) is 11.4 Å². The number of ketones is 2. The van der Waals surface area contributed by atoms with Crippen LogP contribution in [0.15, 0.2) is 45.5 Å². The molecule has 0 bridgehead atoms. The van der Waals surface area contributed by atoms with E-state index in [1.54, 1.807) is 0 Å². The Morgan fingerprint density at radius 3 is 1.74 bits per heavy atom. The summed E-state index contributed by atoms with van der Waals surface area (Å²) in [6.45, 7) is 0. The monoisotopic (exact) mass is 480 g/mol. The number of anilines is 2. The molecule has 31 heavy (non-hydrogen) atoms. The first kappa shape index (κ1) is 21.1. The number of benzene rings is 2. The van der Waals surface area contributed by atoms with E-state index < -0.39 is 58.5 Å². The van der Waals surface area contributed by atoms with Crippen LogP contribution in [-0.2, 0) is 20.2 Å². The van der Waals surface area contributed by atoms with Crippen LogP contribution in [-0.4, -0.2) is 37.5 Å². The van der Waals surface area contributed by atoms with Gasteiger partial charge in [-0.1, -0.05) is 24.3 Å². The molecule has 0 amide bonds. The van der Waals surface area contributed by atoms with E-state index in [-0.39, 0.29) is 27.1 Å². The van der Waals surface area contributed by atoms with Crippen molar-refractivity contribution < 1.29 is 35.5 Å². The lowest BCUT2D eigenvalue weighted by molar-refractivity contribution is 0.0980.